The van der Waals surface area contributed by atoms with Crippen LogP contribution in [0.25, 0.3) is 44.8 Å². The molecule has 0 saturated carbocycles. The van der Waals surface area contributed by atoms with Gasteiger partial charge in [0.2, 0.25) is 0 Å². The number of aromatic nitrogens is 4. The Morgan fingerprint density at radius 2 is 1.19 bits per heavy atom. The number of rotatable bonds is 4. The van der Waals surface area contributed by atoms with Crippen LogP contribution in [0.15, 0.2) is 54.6 Å². The second-order valence-electron chi connectivity index (χ2n) is 7.27. The van der Waals surface area contributed by atoms with Crippen LogP contribution in [-0.4, -0.2) is 42.1 Å². The van der Waals surface area contributed by atoms with Crippen molar-refractivity contribution in [1.29, 1.82) is 0 Å². The number of aryl methyl sites for hydroxylation is 1. The molecule has 3 aromatic carbocycles. The molecule has 0 aliphatic rings. The van der Waals surface area contributed by atoms with Crippen molar-refractivity contribution < 1.29 is 19.8 Å². The summed E-state index contributed by atoms with van der Waals surface area (Å²) < 4.78 is 0. The molecule has 2 aromatic heterocycles. The number of fused-ring (bicyclic) bond motifs is 2. The Balaban J connectivity index is 1.66. The van der Waals surface area contributed by atoms with Crippen LogP contribution < -0.4 is 0 Å². The normalized spacial score (nSPS) is 11.3. The van der Waals surface area contributed by atoms with Crippen LogP contribution in [0.2, 0.25) is 0 Å². The molecule has 0 aliphatic carbocycles. The van der Waals surface area contributed by atoms with Gasteiger partial charge in [-0.05, 0) is 55.0 Å². The quantitative estimate of drug-likeness (QED) is 0.344. The van der Waals surface area contributed by atoms with Gasteiger partial charge in [0.25, 0.3) is 0 Å². The number of benzene rings is 3. The fourth-order valence-electron chi connectivity index (χ4n) is 3.74. The minimum Gasteiger partial charge on any atom is -0.478 e. The van der Waals surface area contributed by atoms with E-state index in [0.717, 1.165) is 16.7 Å². The lowest BCUT2D eigenvalue weighted by atomic mass is 10.1. The molecule has 152 valence electrons. The van der Waals surface area contributed by atoms with Crippen LogP contribution in [0, 0.1) is 6.92 Å². The van der Waals surface area contributed by atoms with Crippen molar-refractivity contribution in [2.24, 2.45) is 0 Å². The van der Waals surface area contributed by atoms with Gasteiger partial charge in [-0.1, -0.05) is 12.1 Å². The van der Waals surface area contributed by atoms with E-state index in [2.05, 4.69) is 19.9 Å². The molecule has 8 nitrogen and oxygen atoms in total. The number of nitrogens with one attached hydrogen (secondary N) is 2. The van der Waals surface area contributed by atoms with Crippen LogP contribution in [0.1, 0.15) is 26.3 Å². The zero-order chi connectivity index (χ0) is 21.7. The van der Waals surface area contributed by atoms with E-state index in [1.54, 1.807) is 24.3 Å². The lowest BCUT2D eigenvalue weighted by Crippen LogP contribution is -1.96. The lowest BCUT2D eigenvalue weighted by molar-refractivity contribution is 0.0688. The van der Waals surface area contributed by atoms with Gasteiger partial charge >= 0.3 is 11.9 Å². The highest BCUT2D eigenvalue weighted by Gasteiger charge is 2.16. The van der Waals surface area contributed by atoms with Crippen LogP contribution in [0.4, 0.5) is 0 Å². The first-order valence-corrected chi connectivity index (χ1v) is 9.47. The zero-order valence-corrected chi connectivity index (χ0v) is 16.3. The van der Waals surface area contributed by atoms with Crippen molar-refractivity contribution in [3.05, 3.63) is 71.3 Å². The van der Waals surface area contributed by atoms with Gasteiger partial charge in [-0.2, -0.15) is 0 Å². The van der Waals surface area contributed by atoms with Gasteiger partial charge in [-0.15, -0.1) is 0 Å². The lowest BCUT2D eigenvalue weighted by Gasteiger charge is -2.04. The molecule has 0 saturated heterocycles. The number of nitrogens with zero attached hydrogens (tertiary/aromatic N) is 2. The first-order chi connectivity index (χ1) is 14.9. The van der Waals surface area contributed by atoms with Crippen molar-refractivity contribution in [1.82, 2.24) is 19.9 Å². The zero-order valence-electron chi connectivity index (χ0n) is 16.3. The average Bonchev–Trinajstić information content (AvgIpc) is 3.36. The number of para-hydroxylation sites is 2. The van der Waals surface area contributed by atoms with Gasteiger partial charge in [0, 0.05) is 11.1 Å². The number of aromatic carboxylic acids is 2. The summed E-state index contributed by atoms with van der Waals surface area (Å²) in [6.07, 6.45) is 0. The van der Waals surface area contributed by atoms with Gasteiger partial charge in [-0.3, -0.25) is 0 Å². The third-order valence-electron chi connectivity index (χ3n) is 5.11. The minimum absolute atomic E-state index is 0.131. The summed E-state index contributed by atoms with van der Waals surface area (Å²) in [6, 6.07) is 15.7. The predicted octanol–water partition coefficient (Wildman–Crippen LogP) is 4.48. The molecule has 0 amide bonds. The molecule has 0 atom stereocenters. The van der Waals surface area contributed by atoms with Gasteiger partial charge in [-0.25, -0.2) is 19.6 Å². The molecule has 0 spiro atoms. The van der Waals surface area contributed by atoms with E-state index in [1.165, 1.54) is 12.1 Å². The third-order valence-corrected chi connectivity index (χ3v) is 5.11. The highest BCUT2D eigenvalue weighted by atomic mass is 16.4. The molecule has 8 heteroatoms. The maximum absolute atomic E-state index is 11.5. The van der Waals surface area contributed by atoms with Crippen molar-refractivity contribution in [2.75, 3.05) is 0 Å². The van der Waals surface area contributed by atoms with E-state index in [1.807, 2.05) is 25.1 Å². The molecule has 0 fully saturated rings. The van der Waals surface area contributed by atoms with Gasteiger partial charge < -0.3 is 20.2 Å². The van der Waals surface area contributed by atoms with E-state index in [4.69, 9.17) is 0 Å². The van der Waals surface area contributed by atoms with Crippen molar-refractivity contribution in [2.45, 2.75) is 6.92 Å². The Morgan fingerprint density at radius 1 is 0.742 bits per heavy atom. The summed E-state index contributed by atoms with van der Waals surface area (Å²) in [4.78, 5) is 38.4. The van der Waals surface area contributed by atoms with Crippen LogP contribution >= 0.6 is 0 Å². The van der Waals surface area contributed by atoms with Crippen molar-refractivity contribution in [3.8, 4) is 22.8 Å². The second kappa shape index (κ2) is 6.81. The number of carboxylic acid groups (broad SMARTS) is 2. The number of imidazole rings is 2. The fraction of sp³-hybridized carbons (Fsp3) is 0.0435. The van der Waals surface area contributed by atoms with E-state index < -0.39 is 11.9 Å². The predicted molar refractivity (Wildman–Crippen MR) is 115 cm³/mol. The monoisotopic (exact) mass is 412 g/mol. The summed E-state index contributed by atoms with van der Waals surface area (Å²) in [6.45, 7) is 1.93. The van der Waals surface area contributed by atoms with Crippen LogP contribution in [0.3, 0.4) is 0 Å². The number of H-pyrrole nitrogens is 2. The van der Waals surface area contributed by atoms with Gasteiger partial charge in [0.05, 0.1) is 22.2 Å². The number of hydrogen-bond acceptors (Lipinski definition) is 4. The number of carboxylic acids is 2. The standard InChI is InChI=1S/C23H16N4O4/c1-11-8-12(20-24-16-6-2-4-14(22(28)29)18(16)26-20)10-13(9-11)21-25-17-7-3-5-15(23(30)31)19(17)27-21/h2-10H,1H3,(H,24,26)(H,25,27)(H,28,29)(H,30,31). The largest absolute Gasteiger partial charge is 0.478 e. The molecule has 5 aromatic rings. The highest BCUT2D eigenvalue weighted by Crippen LogP contribution is 2.29. The summed E-state index contributed by atoms with van der Waals surface area (Å²) in [5, 5.41) is 18.8. The van der Waals surface area contributed by atoms with Gasteiger partial charge in [0.1, 0.15) is 22.7 Å². The topological polar surface area (TPSA) is 132 Å². The molecule has 0 aliphatic heterocycles. The SMILES string of the molecule is Cc1cc(-c2nc3c(C(=O)O)cccc3[nH]2)cc(-c2nc3c(C(=O)O)cccc3[nH]2)c1. The van der Waals surface area contributed by atoms with Crippen molar-refractivity contribution in [3.63, 3.8) is 0 Å². The summed E-state index contributed by atoms with van der Waals surface area (Å²) in [5.41, 5.74) is 4.79. The molecule has 5 rings (SSSR count). The first-order valence-electron chi connectivity index (χ1n) is 9.47. The first kappa shape index (κ1) is 18.6. The second-order valence-corrected chi connectivity index (χ2v) is 7.27. The summed E-state index contributed by atoms with van der Waals surface area (Å²) in [5.74, 6) is -0.998. The third kappa shape index (κ3) is 3.10. The fourth-order valence-corrected chi connectivity index (χ4v) is 3.74. The maximum Gasteiger partial charge on any atom is 0.337 e. The molecule has 4 N–H and O–H groups in total. The smallest absolute Gasteiger partial charge is 0.337 e. The Hall–Kier alpha value is -4.46. The molecular formula is C23H16N4O4. The molecular weight excluding hydrogens is 396 g/mol. The molecule has 0 radical (unpaired) electrons. The average molecular weight is 412 g/mol. The number of aromatic amines is 2. The Labute approximate surface area is 175 Å². The molecule has 0 unspecified atom stereocenters. The van der Waals surface area contributed by atoms with E-state index in [0.29, 0.717) is 33.7 Å². The Morgan fingerprint density at radius 3 is 1.61 bits per heavy atom. The van der Waals surface area contributed by atoms with Crippen molar-refractivity contribution >= 4 is 34.0 Å². The summed E-state index contributed by atoms with van der Waals surface area (Å²) in [7, 11) is 0. The van der Waals surface area contributed by atoms with E-state index in [-0.39, 0.29) is 11.1 Å². The maximum atomic E-state index is 11.5. The Bertz CT molecular complexity index is 1400. The van der Waals surface area contributed by atoms with Crippen LogP contribution in [0.5, 0.6) is 0 Å². The minimum atomic E-state index is -1.04. The van der Waals surface area contributed by atoms with E-state index in [9.17, 15) is 19.8 Å². The highest BCUT2D eigenvalue weighted by molar-refractivity contribution is 6.02. The summed E-state index contributed by atoms with van der Waals surface area (Å²) >= 11 is 0. The van der Waals surface area contributed by atoms with E-state index >= 15 is 0 Å². The molecule has 31 heavy (non-hydrogen) atoms. The molecule has 0 bridgehead atoms. The van der Waals surface area contributed by atoms with Gasteiger partial charge in [0.15, 0.2) is 0 Å². The number of hydrogen-bond donors (Lipinski definition) is 4. The number of carbonyl (C=O) groups is 2. The molecule has 2 heterocycles. The van der Waals surface area contributed by atoms with Crippen LogP contribution in [-0.2, 0) is 0 Å². The Kier molecular flexibility index (Phi) is 4.07.